The Labute approximate surface area is 65.3 Å². The molecule has 0 aliphatic carbocycles. The van der Waals surface area contributed by atoms with E-state index in [2.05, 4.69) is 19.9 Å². The van der Waals surface area contributed by atoms with Gasteiger partial charge in [-0.05, 0) is 19.8 Å². The monoisotopic (exact) mass is 139 g/mol. The number of allylic oxidation sites excluding steroid dienone is 2. The summed E-state index contributed by atoms with van der Waals surface area (Å²) < 4.78 is 0. The van der Waals surface area contributed by atoms with Gasteiger partial charge in [-0.15, -0.1) is 0 Å². The van der Waals surface area contributed by atoms with E-state index in [0.29, 0.717) is 0 Å². The first kappa shape index (κ1) is 9.74. The predicted molar refractivity (Wildman–Crippen MR) is 47.9 cm³/mol. The highest BCUT2D eigenvalue weighted by molar-refractivity contribution is 4.83. The lowest BCUT2D eigenvalue weighted by atomic mass is 10.1. The molecule has 0 aromatic heterocycles. The quantitative estimate of drug-likeness (QED) is 0.492. The molecule has 0 saturated carbocycles. The summed E-state index contributed by atoms with van der Waals surface area (Å²) in [5, 5.41) is 0. The minimum absolute atomic E-state index is 1.22. The number of hydrogen-bond donors (Lipinski definition) is 0. The van der Waals surface area contributed by atoms with Gasteiger partial charge in [-0.25, -0.2) is 0 Å². The van der Waals surface area contributed by atoms with E-state index in [1.807, 2.05) is 6.08 Å². The zero-order valence-corrected chi connectivity index (χ0v) is 7.10. The van der Waals surface area contributed by atoms with Crippen LogP contribution < -0.4 is 0 Å². The molecular weight excluding hydrogens is 120 g/mol. The zero-order valence-electron chi connectivity index (χ0n) is 7.10. The third-order valence-electron chi connectivity index (χ3n) is 1.64. The Morgan fingerprint density at radius 2 is 1.80 bits per heavy atom. The molecule has 0 aliphatic heterocycles. The minimum Gasteiger partial charge on any atom is -0.0885 e. The van der Waals surface area contributed by atoms with Crippen LogP contribution >= 0.6 is 0 Å². The van der Waals surface area contributed by atoms with Crippen LogP contribution in [0.4, 0.5) is 0 Å². The van der Waals surface area contributed by atoms with E-state index in [-0.39, 0.29) is 0 Å². The van der Waals surface area contributed by atoms with Crippen LogP contribution in [-0.4, -0.2) is 0 Å². The van der Waals surface area contributed by atoms with Gasteiger partial charge in [-0.2, -0.15) is 0 Å². The van der Waals surface area contributed by atoms with E-state index >= 15 is 0 Å². The summed E-state index contributed by atoms with van der Waals surface area (Å²) in [7, 11) is 0. The Hall–Kier alpha value is -0.260. The van der Waals surface area contributed by atoms with E-state index < -0.39 is 0 Å². The van der Waals surface area contributed by atoms with Crippen molar-refractivity contribution in [3.05, 3.63) is 19.1 Å². The summed E-state index contributed by atoms with van der Waals surface area (Å²) in [6.45, 7) is 5.88. The van der Waals surface area contributed by atoms with E-state index in [9.17, 15) is 0 Å². The fraction of sp³-hybridized carbons (Fsp3) is 0.700. The molecule has 0 N–H and O–H groups in total. The SMILES string of the molecule is [CH2]C=CCCCCCCC. The second kappa shape index (κ2) is 8.74. The third kappa shape index (κ3) is 7.74. The number of unbranched alkanes of at least 4 members (excludes halogenated alkanes) is 5. The van der Waals surface area contributed by atoms with Gasteiger partial charge in [0, 0.05) is 0 Å². The van der Waals surface area contributed by atoms with E-state index in [4.69, 9.17) is 0 Å². The maximum atomic E-state index is 3.64. The summed E-state index contributed by atoms with van der Waals surface area (Å²) >= 11 is 0. The second-order valence-corrected chi connectivity index (χ2v) is 2.67. The molecule has 0 atom stereocenters. The summed E-state index contributed by atoms with van der Waals surface area (Å²) in [6, 6.07) is 0. The molecule has 0 rings (SSSR count). The van der Waals surface area contributed by atoms with Crippen molar-refractivity contribution in [2.75, 3.05) is 0 Å². The maximum Gasteiger partial charge on any atom is -0.0316 e. The maximum absolute atomic E-state index is 3.64. The Morgan fingerprint density at radius 3 is 2.40 bits per heavy atom. The first-order valence-electron chi connectivity index (χ1n) is 4.36. The Bertz CT molecular complexity index is 72.1. The average molecular weight is 139 g/mol. The van der Waals surface area contributed by atoms with Gasteiger partial charge in [-0.1, -0.05) is 44.8 Å². The standard InChI is InChI=1S/C10H19/c1-3-5-7-9-10-8-6-4-2/h3,5H,1,4,6-10H2,2H3. The molecule has 0 aromatic carbocycles. The number of rotatable bonds is 6. The van der Waals surface area contributed by atoms with E-state index in [0.717, 1.165) is 0 Å². The topological polar surface area (TPSA) is 0 Å². The van der Waals surface area contributed by atoms with Gasteiger partial charge >= 0.3 is 0 Å². The van der Waals surface area contributed by atoms with Crippen molar-refractivity contribution in [2.24, 2.45) is 0 Å². The Balaban J connectivity index is 2.77. The van der Waals surface area contributed by atoms with Crippen LogP contribution in [0, 0.1) is 6.92 Å². The largest absolute Gasteiger partial charge is 0.0885 e. The lowest BCUT2D eigenvalue weighted by Gasteiger charge is -1.94. The minimum atomic E-state index is 1.22. The molecule has 0 heterocycles. The molecule has 0 heteroatoms. The van der Waals surface area contributed by atoms with E-state index in [1.165, 1.54) is 38.5 Å². The van der Waals surface area contributed by atoms with Crippen LogP contribution in [0.15, 0.2) is 12.2 Å². The molecule has 0 bridgehead atoms. The summed E-state index contributed by atoms with van der Waals surface area (Å²) in [5.74, 6) is 0. The fourth-order valence-corrected chi connectivity index (χ4v) is 0.984. The summed E-state index contributed by atoms with van der Waals surface area (Å²) in [4.78, 5) is 0. The molecule has 0 unspecified atom stereocenters. The third-order valence-corrected chi connectivity index (χ3v) is 1.64. The Kier molecular flexibility index (Phi) is 8.51. The van der Waals surface area contributed by atoms with Gasteiger partial charge in [0.2, 0.25) is 0 Å². The predicted octanol–water partition coefficient (Wildman–Crippen LogP) is 3.74. The lowest BCUT2D eigenvalue weighted by molar-refractivity contribution is 0.637. The van der Waals surface area contributed by atoms with Crippen molar-refractivity contribution < 1.29 is 0 Å². The first-order chi connectivity index (χ1) is 4.91. The van der Waals surface area contributed by atoms with Gasteiger partial charge < -0.3 is 0 Å². The van der Waals surface area contributed by atoms with Gasteiger partial charge in [-0.3, -0.25) is 0 Å². The van der Waals surface area contributed by atoms with Crippen LogP contribution in [-0.2, 0) is 0 Å². The number of hydrogen-bond acceptors (Lipinski definition) is 0. The van der Waals surface area contributed by atoms with Gasteiger partial charge in [0.1, 0.15) is 0 Å². The molecule has 0 spiro atoms. The van der Waals surface area contributed by atoms with Crippen molar-refractivity contribution in [2.45, 2.75) is 45.4 Å². The van der Waals surface area contributed by atoms with Crippen LogP contribution in [0.25, 0.3) is 0 Å². The smallest absolute Gasteiger partial charge is 0.0316 e. The van der Waals surface area contributed by atoms with Crippen molar-refractivity contribution in [1.82, 2.24) is 0 Å². The van der Waals surface area contributed by atoms with Crippen molar-refractivity contribution >= 4 is 0 Å². The normalized spacial score (nSPS) is 11.0. The van der Waals surface area contributed by atoms with E-state index in [1.54, 1.807) is 0 Å². The molecule has 0 nitrogen and oxygen atoms in total. The molecule has 1 radical (unpaired) electrons. The summed E-state index contributed by atoms with van der Waals surface area (Å²) in [5.41, 5.74) is 0. The van der Waals surface area contributed by atoms with Crippen LogP contribution in [0.2, 0.25) is 0 Å². The molecule has 0 saturated heterocycles. The Morgan fingerprint density at radius 1 is 1.10 bits per heavy atom. The molecule has 59 valence electrons. The lowest BCUT2D eigenvalue weighted by Crippen LogP contribution is -1.75. The second-order valence-electron chi connectivity index (χ2n) is 2.67. The summed E-state index contributed by atoms with van der Waals surface area (Å²) in [6.07, 6.45) is 12.1. The zero-order chi connectivity index (χ0) is 7.66. The molecular formula is C10H19. The molecule has 0 aromatic rings. The van der Waals surface area contributed by atoms with Crippen molar-refractivity contribution in [1.29, 1.82) is 0 Å². The van der Waals surface area contributed by atoms with Crippen LogP contribution in [0.1, 0.15) is 45.4 Å². The van der Waals surface area contributed by atoms with Crippen molar-refractivity contribution in [3.63, 3.8) is 0 Å². The molecule has 0 fully saturated rings. The fourth-order valence-electron chi connectivity index (χ4n) is 0.984. The first-order valence-corrected chi connectivity index (χ1v) is 4.36. The highest BCUT2D eigenvalue weighted by atomic mass is 13.9. The highest BCUT2D eigenvalue weighted by Crippen LogP contribution is 2.04. The van der Waals surface area contributed by atoms with Crippen LogP contribution in [0.3, 0.4) is 0 Å². The van der Waals surface area contributed by atoms with Crippen molar-refractivity contribution in [3.8, 4) is 0 Å². The molecule has 0 aliphatic rings. The average Bonchev–Trinajstić information content (AvgIpc) is 1.97. The van der Waals surface area contributed by atoms with Gasteiger partial charge in [0.05, 0.1) is 0 Å². The molecule has 0 amide bonds. The highest BCUT2D eigenvalue weighted by Gasteiger charge is 1.84. The molecule has 10 heavy (non-hydrogen) atoms. The van der Waals surface area contributed by atoms with Crippen LogP contribution in [0.5, 0.6) is 0 Å². The van der Waals surface area contributed by atoms with Gasteiger partial charge in [0.25, 0.3) is 0 Å². The van der Waals surface area contributed by atoms with Gasteiger partial charge in [0.15, 0.2) is 0 Å².